The maximum absolute atomic E-state index is 7.66. The molecule has 3 rings (SSSR count). The molecule has 1 saturated heterocycles. The molecule has 3 N–H and O–H groups in total. The van der Waals surface area contributed by atoms with Crippen LogP contribution in [-0.4, -0.2) is 43.3 Å². The third-order valence-electron chi connectivity index (χ3n) is 4.17. The van der Waals surface area contributed by atoms with Crippen LogP contribution < -0.4 is 10.6 Å². The summed E-state index contributed by atoms with van der Waals surface area (Å²) in [5.74, 6) is 1.22. The van der Waals surface area contributed by atoms with Gasteiger partial charge in [0.15, 0.2) is 0 Å². The van der Waals surface area contributed by atoms with Gasteiger partial charge < -0.3 is 20.8 Å². The molecule has 6 heteroatoms. The number of hydrogen-bond donors (Lipinski definition) is 2. The molecule has 0 radical (unpaired) electrons. The van der Waals surface area contributed by atoms with Gasteiger partial charge in [-0.2, -0.15) is 0 Å². The lowest BCUT2D eigenvalue weighted by Crippen LogP contribution is -2.36. The monoisotopic (exact) mass is 379 g/mol. The summed E-state index contributed by atoms with van der Waals surface area (Å²) in [6.45, 7) is 9.09. The molecule has 1 aromatic heterocycles. The third-order valence-corrected chi connectivity index (χ3v) is 4.17. The number of benzene rings is 1. The van der Waals surface area contributed by atoms with E-state index in [-0.39, 0.29) is 0 Å². The fraction of sp³-hybridized carbons (Fsp3) is 0.318. The number of morpholine rings is 1. The van der Waals surface area contributed by atoms with E-state index in [1.54, 1.807) is 12.3 Å². The van der Waals surface area contributed by atoms with Gasteiger partial charge in [-0.3, -0.25) is 0 Å². The normalized spacial score (nSPS) is 14.9. The molecule has 0 amide bonds. The summed E-state index contributed by atoms with van der Waals surface area (Å²) in [6.07, 6.45) is 4.74. The van der Waals surface area contributed by atoms with Crippen LogP contribution in [0, 0.1) is 12.3 Å². The number of hydrogen-bond acceptors (Lipinski definition) is 5. The summed E-state index contributed by atoms with van der Waals surface area (Å²) in [6, 6.07) is 11.7. The van der Waals surface area contributed by atoms with E-state index in [9.17, 15) is 0 Å². The molecule has 0 atom stereocenters. The van der Waals surface area contributed by atoms with Gasteiger partial charge in [-0.25, -0.2) is 9.98 Å². The Hall–Kier alpha value is -2.99. The van der Waals surface area contributed by atoms with E-state index in [0.29, 0.717) is 24.6 Å². The highest BCUT2D eigenvalue weighted by Gasteiger charge is 2.12. The molecule has 28 heavy (non-hydrogen) atoms. The van der Waals surface area contributed by atoms with Crippen molar-refractivity contribution in [3.8, 4) is 0 Å². The van der Waals surface area contributed by atoms with Crippen molar-refractivity contribution in [3.63, 3.8) is 0 Å². The van der Waals surface area contributed by atoms with Crippen LogP contribution in [0.1, 0.15) is 25.0 Å². The van der Waals surface area contributed by atoms with Gasteiger partial charge in [-0.05, 0) is 24.6 Å². The van der Waals surface area contributed by atoms with Crippen LogP contribution in [-0.2, 0) is 4.74 Å². The van der Waals surface area contributed by atoms with Gasteiger partial charge in [0.2, 0.25) is 0 Å². The van der Waals surface area contributed by atoms with E-state index < -0.39 is 0 Å². The molecule has 1 aliphatic heterocycles. The smallest absolute Gasteiger partial charge is 0.130 e. The van der Waals surface area contributed by atoms with Crippen molar-refractivity contribution >= 4 is 29.1 Å². The molecule has 2 heterocycles. The highest BCUT2D eigenvalue weighted by molar-refractivity contribution is 6.16. The Morgan fingerprint density at radius 2 is 1.86 bits per heavy atom. The Kier molecular flexibility index (Phi) is 8.37. The second kappa shape index (κ2) is 11.0. The van der Waals surface area contributed by atoms with Gasteiger partial charge in [0.05, 0.1) is 18.9 Å². The molecule has 6 nitrogen and oxygen atoms in total. The number of allylic oxidation sites excluding steroid dienone is 1. The lowest BCUT2D eigenvalue weighted by atomic mass is 10.0. The van der Waals surface area contributed by atoms with Crippen molar-refractivity contribution in [3.05, 3.63) is 59.8 Å². The van der Waals surface area contributed by atoms with Crippen LogP contribution in [0.25, 0.3) is 5.57 Å². The Balaban J connectivity index is 0.00000136. The molecule has 148 valence electrons. The Labute approximate surface area is 167 Å². The first-order valence-electron chi connectivity index (χ1n) is 9.58. The first kappa shape index (κ1) is 21.3. The van der Waals surface area contributed by atoms with Crippen molar-refractivity contribution in [1.82, 2.24) is 4.98 Å². The lowest BCUT2D eigenvalue weighted by Gasteiger charge is -2.27. The average molecular weight is 380 g/mol. The van der Waals surface area contributed by atoms with E-state index in [4.69, 9.17) is 15.9 Å². The topological polar surface area (TPSA) is 87.6 Å². The second-order valence-electron chi connectivity index (χ2n) is 6.12. The minimum absolute atomic E-state index is 0.350. The molecule has 1 aromatic carbocycles. The third kappa shape index (κ3) is 6.03. The lowest BCUT2D eigenvalue weighted by molar-refractivity contribution is 0.122. The average Bonchev–Trinajstić information content (AvgIpc) is 2.75. The number of aliphatic imine (C=N–C) groups is 1. The van der Waals surface area contributed by atoms with Gasteiger partial charge >= 0.3 is 0 Å². The molecule has 0 saturated carbocycles. The maximum atomic E-state index is 7.66. The number of aryl methyl sites for hydroxylation is 1. The van der Waals surface area contributed by atoms with Crippen LogP contribution in [0.2, 0.25) is 0 Å². The first-order valence-corrected chi connectivity index (χ1v) is 9.58. The standard InChI is InChI=1S/C20H23N5O.C2H6/c1-15-2-4-16(5-3-15)17(14-21)12-19(22)24-18-6-7-23-20(13-18)25-8-10-26-11-9-25;1-2/h2-7,12-14,21H,8-11H2,1H3,(H2,22,23,24);1-2H3/b17-12+,21-14?;. The van der Waals surface area contributed by atoms with Crippen molar-refractivity contribution in [1.29, 1.82) is 5.41 Å². The summed E-state index contributed by atoms with van der Waals surface area (Å²) >= 11 is 0. The predicted octanol–water partition coefficient (Wildman–Crippen LogP) is 3.97. The minimum Gasteiger partial charge on any atom is -0.384 e. The van der Waals surface area contributed by atoms with E-state index in [0.717, 1.165) is 30.2 Å². The number of nitrogens with one attached hydrogen (secondary N) is 1. The fourth-order valence-corrected chi connectivity index (χ4v) is 2.74. The van der Waals surface area contributed by atoms with Gasteiger partial charge in [-0.15, -0.1) is 0 Å². The summed E-state index contributed by atoms with van der Waals surface area (Å²) < 4.78 is 5.38. The molecule has 1 fully saturated rings. The molecular weight excluding hydrogens is 350 g/mol. The van der Waals surface area contributed by atoms with Crippen molar-refractivity contribution in [2.24, 2.45) is 10.7 Å². The van der Waals surface area contributed by atoms with Gasteiger partial charge in [0.25, 0.3) is 0 Å². The van der Waals surface area contributed by atoms with Crippen LogP contribution in [0.4, 0.5) is 11.5 Å². The van der Waals surface area contributed by atoms with E-state index >= 15 is 0 Å². The molecule has 2 aromatic rings. The summed E-state index contributed by atoms with van der Waals surface area (Å²) in [5.41, 5.74) is 9.66. The largest absolute Gasteiger partial charge is 0.384 e. The number of nitrogens with zero attached hydrogens (tertiary/aromatic N) is 3. The molecule has 0 unspecified atom stereocenters. The molecule has 1 aliphatic rings. The Bertz CT molecular complexity index is 821. The molecular formula is C22H29N5O. The van der Waals surface area contributed by atoms with E-state index in [1.807, 2.05) is 57.2 Å². The summed E-state index contributed by atoms with van der Waals surface area (Å²) in [5, 5.41) is 7.66. The molecule has 0 spiro atoms. The number of pyridine rings is 1. The highest BCUT2D eigenvalue weighted by Crippen LogP contribution is 2.20. The van der Waals surface area contributed by atoms with E-state index in [1.165, 1.54) is 11.8 Å². The van der Waals surface area contributed by atoms with Crippen molar-refractivity contribution < 1.29 is 4.74 Å². The number of aromatic nitrogens is 1. The number of anilines is 1. The van der Waals surface area contributed by atoms with E-state index in [2.05, 4.69) is 14.9 Å². The number of ether oxygens (including phenoxy) is 1. The van der Waals surface area contributed by atoms with Crippen LogP contribution in [0.15, 0.2) is 53.7 Å². The van der Waals surface area contributed by atoms with Gasteiger partial charge in [0.1, 0.15) is 11.7 Å². The SMILES string of the molecule is CC.Cc1ccc(/C(C=N)=C/C(N)=Nc2ccnc(N3CCOCC3)c2)cc1. The quantitative estimate of drug-likeness (QED) is 0.608. The fourth-order valence-electron chi connectivity index (χ4n) is 2.74. The zero-order valence-corrected chi connectivity index (χ0v) is 16.9. The maximum Gasteiger partial charge on any atom is 0.130 e. The first-order chi connectivity index (χ1) is 13.7. The predicted molar refractivity (Wildman–Crippen MR) is 118 cm³/mol. The van der Waals surface area contributed by atoms with Crippen LogP contribution in [0.5, 0.6) is 0 Å². The number of nitrogens with two attached hydrogens (primary N) is 1. The summed E-state index contributed by atoms with van der Waals surface area (Å²) in [7, 11) is 0. The van der Waals surface area contributed by atoms with Gasteiger partial charge in [0, 0.05) is 37.1 Å². The number of rotatable bonds is 5. The summed E-state index contributed by atoms with van der Waals surface area (Å²) in [4.78, 5) is 11.0. The second-order valence-corrected chi connectivity index (χ2v) is 6.12. The zero-order chi connectivity index (χ0) is 20.4. The minimum atomic E-state index is 0.350. The zero-order valence-electron chi connectivity index (χ0n) is 16.9. The van der Waals surface area contributed by atoms with Crippen molar-refractivity contribution in [2.45, 2.75) is 20.8 Å². The number of amidine groups is 1. The van der Waals surface area contributed by atoms with Gasteiger partial charge in [-0.1, -0.05) is 43.7 Å². The molecule has 0 aliphatic carbocycles. The van der Waals surface area contributed by atoms with Crippen LogP contribution >= 0.6 is 0 Å². The Morgan fingerprint density at radius 1 is 1.18 bits per heavy atom. The highest BCUT2D eigenvalue weighted by atomic mass is 16.5. The van der Waals surface area contributed by atoms with Crippen LogP contribution in [0.3, 0.4) is 0 Å². The van der Waals surface area contributed by atoms with Crippen molar-refractivity contribution in [2.75, 3.05) is 31.2 Å². The molecule has 0 bridgehead atoms. The Morgan fingerprint density at radius 3 is 2.50 bits per heavy atom.